The Balaban J connectivity index is 1.99. The fourth-order valence-electron chi connectivity index (χ4n) is 1.93. The van der Waals surface area contributed by atoms with E-state index in [4.69, 9.17) is 5.11 Å². The number of carbonyl (C=O) groups is 1. The number of aromatic nitrogens is 2. The number of nitrogens with zero attached hydrogens (tertiary/aromatic N) is 2. The Bertz CT molecular complexity index is 787. The quantitative estimate of drug-likeness (QED) is 0.761. The molecule has 5 nitrogen and oxygen atoms in total. The normalized spacial score (nSPS) is 10.4. The summed E-state index contributed by atoms with van der Waals surface area (Å²) in [5.74, 6) is -0.619. The number of anilines is 2. The van der Waals surface area contributed by atoms with Gasteiger partial charge in [-0.15, -0.1) is 0 Å². The molecule has 2 aromatic carbocycles. The van der Waals surface area contributed by atoms with Gasteiger partial charge in [0, 0.05) is 11.6 Å². The fourth-order valence-corrected chi connectivity index (χ4v) is 1.93. The van der Waals surface area contributed by atoms with E-state index in [0.717, 1.165) is 10.9 Å². The van der Waals surface area contributed by atoms with Crippen molar-refractivity contribution in [3.8, 4) is 0 Å². The van der Waals surface area contributed by atoms with Gasteiger partial charge in [0.1, 0.15) is 0 Å². The van der Waals surface area contributed by atoms with Gasteiger partial charge in [-0.3, -0.25) is 0 Å². The third-order valence-electron chi connectivity index (χ3n) is 2.89. The van der Waals surface area contributed by atoms with Crippen molar-refractivity contribution in [3.05, 3.63) is 60.3 Å². The van der Waals surface area contributed by atoms with Crippen LogP contribution in [0.4, 0.5) is 11.6 Å². The average Bonchev–Trinajstić information content (AvgIpc) is 2.47. The van der Waals surface area contributed by atoms with E-state index >= 15 is 0 Å². The molecule has 0 atom stereocenters. The molecule has 0 spiro atoms. The summed E-state index contributed by atoms with van der Waals surface area (Å²) in [6.07, 6.45) is 1.70. The third kappa shape index (κ3) is 2.29. The van der Waals surface area contributed by atoms with E-state index in [1.165, 1.54) is 6.07 Å². The zero-order chi connectivity index (χ0) is 13.9. The third-order valence-corrected chi connectivity index (χ3v) is 2.89. The first-order chi connectivity index (χ1) is 9.74. The number of aromatic carboxylic acids is 1. The van der Waals surface area contributed by atoms with Gasteiger partial charge in [0.25, 0.3) is 0 Å². The minimum absolute atomic E-state index is 0.184. The molecule has 2 N–H and O–H groups in total. The number of para-hydroxylation sites is 2. The first-order valence-corrected chi connectivity index (χ1v) is 6.05. The number of rotatable bonds is 3. The summed E-state index contributed by atoms with van der Waals surface area (Å²) in [4.78, 5) is 19.7. The number of benzene rings is 2. The minimum Gasteiger partial charge on any atom is -0.478 e. The standard InChI is InChI=1S/C15H11N3O2/c19-14(20)11-6-2-4-8-13(11)18-15-16-9-10-5-1-3-7-12(10)17-15/h1-9H,(H,19,20)(H,16,17,18). The van der Waals surface area contributed by atoms with Gasteiger partial charge < -0.3 is 10.4 Å². The lowest BCUT2D eigenvalue weighted by Gasteiger charge is -2.08. The summed E-state index contributed by atoms with van der Waals surface area (Å²) in [7, 11) is 0. The Morgan fingerprint density at radius 2 is 1.80 bits per heavy atom. The molecule has 0 fully saturated rings. The van der Waals surface area contributed by atoms with Crippen LogP contribution in [0.5, 0.6) is 0 Å². The molecule has 1 heterocycles. The van der Waals surface area contributed by atoms with Gasteiger partial charge in [-0.2, -0.15) is 0 Å². The van der Waals surface area contributed by atoms with Crippen LogP contribution in [0.3, 0.4) is 0 Å². The first kappa shape index (κ1) is 12.1. The molecule has 1 aromatic heterocycles. The number of hydrogen-bond donors (Lipinski definition) is 2. The lowest BCUT2D eigenvalue weighted by molar-refractivity contribution is 0.0698. The summed E-state index contributed by atoms with van der Waals surface area (Å²) in [6.45, 7) is 0. The van der Waals surface area contributed by atoms with Crippen molar-refractivity contribution in [3.63, 3.8) is 0 Å². The molecule has 3 aromatic rings. The van der Waals surface area contributed by atoms with Crippen LogP contribution in [-0.2, 0) is 0 Å². The van der Waals surface area contributed by atoms with Crippen molar-refractivity contribution in [1.82, 2.24) is 9.97 Å². The van der Waals surface area contributed by atoms with Crippen molar-refractivity contribution in [2.45, 2.75) is 0 Å². The Morgan fingerprint density at radius 3 is 2.65 bits per heavy atom. The molecule has 0 radical (unpaired) electrons. The lowest BCUT2D eigenvalue weighted by atomic mass is 10.2. The summed E-state index contributed by atoms with van der Waals surface area (Å²) in [5, 5.41) is 13.0. The molecule has 0 aliphatic carbocycles. The van der Waals surface area contributed by atoms with E-state index in [2.05, 4.69) is 15.3 Å². The molecule has 5 heteroatoms. The molecule has 0 bridgehead atoms. The van der Waals surface area contributed by atoms with Gasteiger partial charge in [0.15, 0.2) is 0 Å². The highest BCUT2D eigenvalue weighted by atomic mass is 16.4. The highest BCUT2D eigenvalue weighted by Crippen LogP contribution is 2.20. The van der Waals surface area contributed by atoms with Gasteiger partial charge in [-0.05, 0) is 18.2 Å². The average molecular weight is 265 g/mol. The van der Waals surface area contributed by atoms with Crippen LogP contribution in [0.25, 0.3) is 10.9 Å². The van der Waals surface area contributed by atoms with Crippen molar-refractivity contribution in [2.24, 2.45) is 0 Å². The van der Waals surface area contributed by atoms with Gasteiger partial charge >= 0.3 is 5.97 Å². The van der Waals surface area contributed by atoms with Gasteiger partial charge in [-0.25, -0.2) is 14.8 Å². The van der Waals surface area contributed by atoms with E-state index in [1.807, 2.05) is 24.3 Å². The van der Waals surface area contributed by atoms with E-state index in [0.29, 0.717) is 11.6 Å². The number of nitrogens with one attached hydrogen (secondary N) is 1. The van der Waals surface area contributed by atoms with Crippen LogP contribution in [0, 0.1) is 0 Å². The zero-order valence-electron chi connectivity index (χ0n) is 10.4. The summed E-state index contributed by atoms with van der Waals surface area (Å²) in [5.41, 5.74) is 1.46. The van der Waals surface area contributed by atoms with E-state index in [1.54, 1.807) is 24.4 Å². The second kappa shape index (κ2) is 4.97. The van der Waals surface area contributed by atoms with Gasteiger partial charge in [-0.1, -0.05) is 30.3 Å². The van der Waals surface area contributed by atoms with Crippen LogP contribution >= 0.6 is 0 Å². The van der Waals surface area contributed by atoms with Crippen molar-refractivity contribution in [2.75, 3.05) is 5.32 Å². The smallest absolute Gasteiger partial charge is 0.337 e. The monoisotopic (exact) mass is 265 g/mol. The Morgan fingerprint density at radius 1 is 1.05 bits per heavy atom. The zero-order valence-corrected chi connectivity index (χ0v) is 10.4. The SMILES string of the molecule is O=C(O)c1ccccc1Nc1ncc2ccccc2n1. The maximum Gasteiger partial charge on any atom is 0.337 e. The molecule has 20 heavy (non-hydrogen) atoms. The Kier molecular flexibility index (Phi) is 3.01. The molecule has 0 unspecified atom stereocenters. The van der Waals surface area contributed by atoms with Crippen LogP contribution in [0.2, 0.25) is 0 Å². The number of carboxylic acids is 1. The first-order valence-electron chi connectivity index (χ1n) is 6.05. The Labute approximate surface area is 114 Å². The molecule has 0 aliphatic heterocycles. The van der Waals surface area contributed by atoms with Crippen LogP contribution in [0.1, 0.15) is 10.4 Å². The maximum absolute atomic E-state index is 11.1. The minimum atomic E-state index is -0.992. The van der Waals surface area contributed by atoms with E-state index in [9.17, 15) is 4.79 Å². The molecule has 3 rings (SSSR count). The van der Waals surface area contributed by atoms with Gasteiger partial charge in [0.05, 0.1) is 16.8 Å². The largest absolute Gasteiger partial charge is 0.478 e. The summed E-state index contributed by atoms with van der Waals surface area (Å²) in [6, 6.07) is 14.3. The molecular formula is C15H11N3O2. The Hall–Kier alpha value is -2.95. The predicted octanol–water partition coefficient (Wildman–Crippen LogP) is 3.07. The molecule has 0 saturated carbocycles. The second-order valence-electron chi connectivity index (χ2n) is 4.23. The van der Waals surface area contributed by atoms with E-state index in [-0.39, 0.29) is 5.56 Å². The van der Waals surface area contributed by atoms with Crippen LogP contribution in [0.15, 0.2) is 54.7 Å². The summed E-state index contributed by atoms with van der Waals surface area (Å²) >= 11 is 0. The molecule has 0 amide bonds. The molecule has 0 aliphatic rings. The number of carboxylic acid groups (broad SMARTS) is 1. The fraction of sp³-hybridized carbons (Fsp3) is 0. The highest BCUT2D eigenvalue weighted by molar-refractivity contribution is 5.95. The van der Waals surface area contributed by atoms with Crippen molar-refractivity contribution in [1.29, 1.82) is 0 Å². The molecule has 98 valence electrons. The van der Waals surface area contributed by atoms with E-state index < -0.39 is 5.97 Å². The maximum atomic E-state index is 11.1. The van der Waals surface area contributed by atoms with Gasteiger partial charge in [0.2, 0.25) is 5.95 Å². The molecular weight excluding hydrogens is 254 g/mol. The molecule has 0 saturated heterocycles. The van der Waals surface area contributed by atoms with Crippen LogP contribution < -0.4 is 5.32 Å². The number of hydrogen-bond acceptors (Lipinski definition) is 4. The predicted molar refractivity (Wildman–Crippen MR) is 76.2 cm³/mol. The number of fused-ring (bicyclic) bond motifs is 1. The lowest BCUT2D eigenvalue weighted by Crippen LogP contribution is -2.04. The highest BCUT2D eigenvalue weighted by Gasteiger charge is 2.10. The van der Waals surface area contributed by atoms with Crippen molar-refractivity contribution >= 4 is 28.5 Å². The second-order valence-corrected chi connectivity index (χ2v) is 4.23. The topological polar surface area (TPSA) is 75.1 Å². The summed E-state index contributed by atoms with van der Waals surface area (Å²) < 4.78 is 0. The van der Waals surface area contributed by atoms with Crippen LogP contribution in [-0.4, -0.2) is 21.0 Å². The van der Waals surface area contributed by atoms with Crippen molar-refractivity contribution < 1.29 is 9.90 Å².